The van der Waals surface area contributed by atoms with E-state index in [0.717, 1.165) is 58.5 Å². The zero-order valence-corrected chi connectivity index (χ0v) is 15.1. The maximum absolute atomic E-state index is 12.4. The van der Waals surface area contributed by atoms with Crippen molar-refractivity contribution in [2.45, 2.75) is 19.3 Å². The number of carbonyl (C=O) groups is 1. The number of carbonyl (C=O) groups excluding carboxylic acids is 1. The highest BCUT2D eigenvalue weighted by Gasteiger charge is 2.24. The predicted octanol–water partition coefficient (Wildman–Crippen LogP) is 2.57. The third-order valence-electron chi connectivity index (χ3n) is 4.68. The Morgan fingerprint density at radius 1 is 1.00 bits per heavy atom. The first-order valence-corrected chi connectivity index (χ1v) is 8.11. The highest BCUT2D eigenvalue weighted by molar-refractivity contribution is 5.85. The van der Waals surface area contributed by atoms with Gasteiger partial charge in [-0.05, 0) is 44.0 Å². The summed E-state index contributed by atoms with van der Waals surface area (Å²) >= 11 is 0. The standard InChI is InChI=1S/C17H25N3O.2ClH/c21-17(14-15-6-8-18-9-7-15)20-12-10-19(11-13-20)16-4-2-1-3-5-16;;/h1-5,15,18H,6-14H2;2*1H. The minimum atomic E-state index is 0. The molecule has 2 aliphatic heterocycles. The molecule has 1 amide bonds. The number of nitrogens with zero attached hydrogens (tertiary/aromatic N) is 2. The maximum atomic E-state index is 12.4. The van der Waals surface area contributed by atoms with Crippen LogP contribution in [0.1, 0.15) is 19.3 Å². The molecule has 0 aromatic heterocycles. The number of piperazine rings is 1. The van der Waals surface area contributed by atoms with E-state index in [1.165, 1.54) is 5.69 Å². The Morgan fingerprint density at radius 3 is 2.22 bits per heavy atom. The van der Waals surface area contributed by atoms with Crippen molar-refractivity contribution < 1.29 is 4.79 Å². The molecular formula is C17H27Cl2N3O. The van der Waals surface area contributed by atoms with Gasteiger partial charge in [-0.1, -0.05) is 18.2 Å². The van der Waals surface area contributed by atoms with Gasteiger partial charge in [0.2, 0.25) is 5.91 Å². The molecule has 0 radical (unpaired) electrons. The average molecular weight is 360 g/mol. The van der Waals surface area contributed by atoms with Gasteiger partial charge >= 0.3 is 0 Å². The lowest BCUT2D eigenvalue weighted by Crippen LogP contribution is -2.49. The topological polar surface area (TPSA) is 35.6 Å². The summed E-state index contributed by atoms with van der Waals surface area (Å²) in [6.45, 7) is 5.75. The average Bonchev–Trinajstić information content (AvgIpc) is 2.57. The first kappa shape index (κ1) is 20.1. The highest BCUT2D eigenvalue weighted by atomic mass is 35.5. The summed E-state index contributed by atoms with van der Waals surface area (Å²) in [5, 5.41) is 3.36. The van der Waals surface area contributed by atoms with E-state index in [1.807, 2.05) is 6.07 Å². The van der Waals surface area contributed by atoms with E-state index in [1.54, 1.807) is 0 Å². The molecule has 4 nitrogen and oxygen atoms in total. The van der Waals surface area contributed by atoms with Gasteiger partial charge in [0.05, 0.1) is 0 Å². The Labute approximate surface area is 151 Å². The minimum Gasteiger partial charge on any atom is -0.368 e. The maximum Gasteiger partial charge on any atom is 0.222 e. The SMILES string of the molecule is Cl.Cl.O=C(CC1CCNCC1)N1CCN(c2ccccc2)CC1. The number of rotatable bonds is 3. The summed E-state index contributed by atoms with van der Waals surface area (Å²) in [7, 11) is 0. The van der Waals surface area contributed by atoms with Crippen LogP contribution in [0, 0.1) is 5.92 Å². The summed E-state index contributed by atoms with van der Waals surface area (Å²) < 4.78 is 0. The lowest BCUT2D eigenvalue weighted by Gasteiger charge is -2.37. The number of nitrogens with one attached hydrogen (secondary N) is 1. The van der Waals surface area contributed by atoms with Crippen molar-refractivity contribution in [2.24, 2.45) is 5.92 Å². The smallest absolute Gasteiger partial charge is 0.222 e. The summed E-state index contributed by atoms with van der Waals surface area (Å²) in [5.74, 6) is 0.945. The quantitative estimate of drug-likeness (QED) is 0.900. The Balaban J connectivity index is 0.00000132. The van der Waals surface area contributed by atoms with E-state index >= 15 is 0 Å². The molecule has 1 aromatic carbocycles. The van der Waals surface area contributed by atoms with Gasteiger partial charge in [-0.2, -0.15) is 0 Å². The van der Waals surface area contributed by atoms with E-state index in [0.29, 0.717) is 11.8 Å². The molecule has 2 saturated heterocycles. The van der Waals surface area contributed by atoms with Crippen LogP contribution in [0.15, 0.2) is 30.3 Å². The van der Waals surface area contributed by atoms with Crippen LogP contribution in [-0.4, -0.2) is 50.1 Å². The highest BCUT2D eigenvalue weighted by Crippen LogP contribution is 2.19. The number of benzene rings is 1. The number of amides is 1. The van der Waals surface area contributed by atoms with Crippen molar-refractivity contribution in [3.63, 3.8) is 0 Å². The van der Waals surface area contributed by atoms with E-state index in [9.17, 15) is 4.79 Å². The zero-order valence-electron chi connectivity index (χ0n) is 13.4. The van der Waals surface area contributed by atoms with Gasteiger partial charge in [0.1, 0.15) is 0 Å². The molecule has 0 unspecified atom stereocenters. The van der Waals surface area contributed by atoms with Crippen LogP contribution < -0.4 is 10.2 Å². The van der Waals surface area contributed by atoms with Crippen molar-refractivity contribution in [3.05, 3.63) is 30.3 Å². The predicted molar refractivity (Wildman–Crippen MR) is 99.9 cm³/mol. The molecule has 0 spiro atoms. The van der Waals surface area contributed by atoms with Crippen LogP contribution in [0.25, 0.3) is 0 Å². The monoisotopic (exact) mass is 359 g/mol. The zero-order chi connectivity index (χ0) is 14.5. The van der Waals surface area contributed by atoms with Crippen LogP contribution in [0.3, 0.4) is 0 Å². The fraction of sp³-hybridized carbons (Fsp3) is 0.588. The van der Waals surface area contributed by atoms with Crippen molar-refractivity contribution in [2.75, 3.05) is 44.2 Å². The van der Waals surface area contributed by atoms with Gasteiger partial charge in [0.25, 0.3) is 0 Å². The molecule has 0 aliphatic carbocycles. The van der Waals surface area contributed by atoms with Gasteiger partial charge in [0, 0.05) is 38.3 Å². The number of hydrogen-bond donors (Lipinski definition) is 1. The van der Waals surface area contributed by atoms with Crippen molar-refractivity contribution in [1.29, 1.82) is 0 Å². The molecule has 2 fully saturated rings. The van der Waals surface area contributed by atoms with Crippen molar-refractivity contribution in [1.82, 2.24) is 10.2 Å². The third-order valence-corrected chi connectivity index (χ3v) is 4.68. The molecule has 2 heterocycles. The number of halogens is 2. The van der Waals surface area contributed by atoms with Crippen molar-refractivity contribution >= 4 is 36.4 Å². The Kier molecular flexibility index (Phi) is 8.74. The van der Waals surface area contributed by atoms with Gasteiger partial charge in [0.15, 0.2) is 0 Å². The molecule has 0 bridgehead atoms. The van der Waals surface area contributed by atoms with Crippen LogP contribution in [0.2, 0.25) is 0 Å². The molecule has 0 saturated carbocycles. The lowest BCUT2D eigenvalue weighted by atomic mass is 9.94. The lowest BCUT2D eigenvalue weighted by molar-refractivity contribution is -0.132. The summed E-state index contributed by atoms with van der Waals surface area (Å²) in [6, 6.07) is 10.5. The third kappa shape index (κ3) is 5.55. The summed E-state index contributed by atoms with van der Waals surface area (Å²) in [4.78, 5) is 16.8. The Bertz CT molecular complexity index is 458. The van der Waals surface area contributed by atoms with Crippen LogP contribution in [0.4, 0.5) is 5.69 Å². The molecule has 2 aliphatic rings. The second-order valence-corrected chi connectivity index (χ2v) is 6.10. The first-order valence-electron chi connectivity index (χ1n) is 8.11. The van der Waals surface area contributed by atoms with Gasteiger partial charge in [-0.25, -0.2) is 0 Å². The molecule has 23 heavy (non-hydrogen) atoms. The fourth-order valence-electron chi connectivity index (χ4n) is 3.31. The van der Waals surface area contributed by atoms with Crippen molar-refractivity contribution in [3.8, 4) is 0 Å². The number of para-hydroxylation sites is 1. The largest absolute Gasteiger partial charge is 0.368 e. The summed E-state index contributed by atoms with van der Waals surface area (Å²) in [6.07, 6.45) is 3.04. The van der Waals surface area contributed by atoms with Gasteiger partial charge < -0.3 is 15.1 Å². The van der Waals surface area contributed by atoms with E-state index in [4.69, 9.17) is 0 Å². The Hall–Kier alpha value is -0.970. The normalized spacial score (nSPS) is 18.8. The van der Waals surface area contributed by atoms with E-state index < -0.39 is 0 Å². The molecular weight excluding hydrogens is 333 g/mol. The number of anilines is 1. The minimum absolute atomic E-state index is 0. The van der Waals surface area contributed by atoms with Gasteiger partial charge in [-0.15, -0.1) is 24.8 Å². The second kappa shape index (κ2) is 10.0. The Morgan fingerprint density at radius 2 is 1.61 bits per heavy atom. The van der Waals surface area contributed by atoms with Crippen LogP contribution >= 0.6 is 24.8 Å². The molecule has 6 heteroatoms. The van der Waals surface area contributed by atoms with Crippen LogP contribution in [-0.2, 0) is 4.79 Å². The molecule has 1 aromatic rings. The first-order chi connectivity index (χ1) is 10.3. The number of piperidine rings is 1. The number of hydrogen-bond acceptors (Lipinski definition) is 3. The molecule has 0 atom stereocenters. The fourth-order valence-corrected chi connectivity index (χ4v) is 3.31. The second-order valence-electron chi connectivity index (χ2n) is 6.10. The van der Waals surface area contributed by atoms with Crippen LogP contribution in [0.5, 0.6) is 0 Å². The van der Waals surface area contributed by atoms with E-state index in [2.05, 4.69) is 39.4 Å². The molecule has 3 rings (SSSR count). The van der Waals surface area contributed by atoms with E-state index in [-0.39, 0.29) is 24.8 Å². The molecule has 1 N–H and O–H groups in total. The van der Waals surface area contributed by atoms with Gasteiger partial charge in [-0.3, -0.25) is 4.79 Å². The summed E-state index contributed by atoms with van der Waals surface area (Å²) in [5.41, 5.74) is 1.27. The molecule has 130 valence electrons.